The molecule has 0 amide bonds. The third-order valence-corrected chi connectivity index (χ3v) is 19.7. The number of aliphatic hydroxyl groups excluding tert-OH is 1. The summed E-state index contributed by atoms with van der Waals surface area (Å²) in [5.74, 6) is 2.40. The maximum atomic E-state index is 9.87. The van der Waals surface area contributed by atoms with E-state index < -0.39 is 16.6 Å². The topological polar surface area (TPSA) is 120 Å². The second-order valence-corrected chi connectivity index (χ2v) is 27.2. The quantitative estimate of drug-likeness (QED) is 0.145. The summed E-state index contributed by atoms with van der Waals surface area (Å²) >= 11 is 7.01. The van der Waals surface area contributed by atoms with Crippen LogP contribution in [0.1, 0.15) is 52.9 Å². The lowest BCUT2D eigenvalue weighted by Crippen LogP contribution is -2.43. The first-order chi connectivity index (χ1) is 24.2. The van der Waals surface area contributed by atoms with Crippen molar-refractivity contribution in [2.75, 3.05) is 0 Å². The highest BCUT2D eigenvalue weighted by atomic mass is 79.9. The fourth-order valence-electron chi connectivity index (χ4n) is 4.82. The monoisotopic (exact) mass is 866 g/mol. The Balaban J connectivity index is 0.000000231. The number of fused-ring (bicyclic) bond motifs is 2. The number of hydrogen-bond acceptors (Lipinski definition) is 8. The molecule has 4 heterocycles. The Morgan fingerprint density at radius 2 is 1.19 bits per heavy atom. The Morgan fingerprint density at radius 3 is 1.75 bits per heavy atom. The van der Waals surface area contributed by atoms with E-state index in [4.69, 9.17) is 18.9 Å². The van der Waals surface area contributed by atoms with Gasteiger partial charge in [-0.1, -0.05) is 85.5 Å². The highest BCUT2D eigenvalue weighted by Crippen LogP contribution is 2.41. The summed E-state index contributed by atoms with van der Waals surface area (Å²) in [7, 11) is -3.84. The predicted octanol–water partition coefficient (Wildman–Crippen LogP) is 10.5. The number of halogens is 2. The molecule has 10 nitrogen and oxygen atoms in total. The van der Waals surface area contributed by atoms with Crippen molar-refractivity contribution >= 4 is 70.3 Å². The van der Waals surface area contributed by atoms with Crippen LogP contribution in [-0.4, -0.2) is 56.4 Å². The Bertz CT molecular complexity index is 2210. The molecule has 6 rings (SSSR count). The zero-order valence-corrected chi connectivity index (χ0v) is 36.7. The minimum absolute atomic E-state index is 0.109. The molecule has 4 aromatic heterocycles. The van der Waals surface area contributed by atoms with Gasteiger partial charge in [0.15, 0.2) is 20.0 Å². The van der Waals surface area contributed by atoms with Crippen molar-refractivity contribution in [3.63, 3.8) is 0 Å². The van der Waals surface area contributed by atoms with Crippen LogP contribution in [0.15, 0.2) is 82.0 Å². The van der Waals surface area contributed by atoms with Gasteiger partial charge < -0.3 is 19.1 Å². The highest BCUT2D eigenvalue weighted by molar-refractivity contribution is 9.10. The van der Waals surface area contributed by atoms with Crippen molar-refractivity contribution in [1.82, 2.24) is 29.5 Å². The predicted molar refractivity (Wildman–Crippen MR) is 221 cm³/mol. The number of hydrogen-bond donors (Lipinski definition) is 2. The highest BCUT2D eigenvalue weighted by Gasteiger charge is 2.40. The molecule has 0 spiro atoms. The van der Waals surface area contributed by atoms with E-state index in [1.165, 1.54) is 0 Å². The van der Waals surface area contributed by atoms with E-state index in [1.54, 1.807) is 35.1 Å². The van der Waals surface area contributed by atoms with Gasteiger partial charge in [-0.3, -0.25) is 0 Å². The van der Waals surface area contributed by atoms with Gasteiger partial charge in [0.1, 0.15) is 11.5 Å². The fraction of sp³-hybridized carbons (Fsp3) is 0.368. The summed E-state index contributed by atoms with van der Waals surface area (Å²) in [5, 5.41) is 29.8. The molecule has 0 aliphatic heterocycles. The number of aliphatic hydroxyl groups is 1. The van der Waals surface area contributed by atoms with E-state index in [9.17, 15) is 5.11 Å². The SMILES string of the molecule is CC(C)(C)[Si](C)(C)OCc1cccc(-n2ncc3c(O[Si](C)(C)C(C)(C)C)cc(Br)cc32)n1.OCc1cccc(-n2ncc3c(O)cc(Br)cc32)n1. The van der Waals surface area contributed by atoms with Crippen molar-refractivity contribution in [2.45, 2.75) is 91.0 Å². The van der Waals surface area contributed by atoms with Crippen LogP contribution >= 0.6 is 31.9 Å². The molecule has 2 N–H and O–H groups in total. The second-order valence-electron chi connectivity index (χ2n) is 15.9. The van der Waals surface area contributed by atoms with Crippen molar-refractivity contribution in [3.05, 3.63) is 93.4 Å². The summed E-state index contributed by atoms with van der Waals surface area (Å²) in [6, 6.07) is 19.0. The molecule has 0 unspecified atom stereocenters. The van der Waals surface area contributed by atoms with Gasteiger partial charge in [-0.05, 0) is 84.8 Å². The lowest BCUT2D eigenvalue weighted by molar-refractivity contribution is 0.272. The first kappa shape index (κ1) is 39.8. The summed E-state index contributed by atoms with van der Waals surface area (Å²) in [4.78, 5) is 9.17. The van der Waals surface area contributed by atoms with Crippen molar-refractivity contribution in [3.8, 4) is 23.1 Å². The molecular weight excluding hydrogens is 820 g/mol. The third-order valence-electron chi connectivity index (χ3n) is 9.99. The van der Waals surface area contributed by atoms with E-state index in [0.29, 0.717) is 23.5 Å². The van der Waals surface area contributed by atoms with E-state index in [2.05, 4.69) is 121 Å². The number of phenols is 1. The first-order valence-electron chi connectivity index (χ1n) is 17.1. The van der Waals surface area contributed by atoms with Gasteiger partial charge >= 0.3 is 0 Å². The lowest BCUT2D eigenvalue weighted by Gasteiger charge is -2.36. The normalized spacial score (nSPS) is 12.6. The number of benzene rings is 2. The smallest absolute Gasteiger partial charge is 0.250 e. The molecule has 14 heteroatoms. The molecule has 0 aliphatic carbocycles. The average molecular weight is 869 g/mol. The number of aromatic hydroxyl groups is 1. The van der Waals surface area contributed by atoms with E-state index >= 15 is 0 Å². The van der Waals surface area contributed by atoms with Gasteiger partial charge in [0.05, 0.1) is 58.8 Å². The van der Waals surface area contributed by atoms with E-state index in [-0.39, 0.29) is 22.4 Å². The Hall–Kier alpha value is -3.41. The minimum atomic E-state index is -2.00. The van der Waals surface area contributed by atoms with E-state index in [1.807, 2.05) is 41.2 Å². The van der Waals surface area contributed by atoms with Gasteiger partial charge in [0.2, 0.25) is 0 Å². The molecule has 0 radical (unpaired) electrons. The minimum Gasteiger partial charge on any atom is -0.543 e. The van der Waals surface area contributed by atoms with Crippen LogP contribution in [0.4, 0.5) is 0 Å². The van der Waals surface area contributed by atoms with Gasteiger partial charge in [-0.2, -0.15) is 10.2 Å². The van der Waals surface area contributed by atoms with Gasteiger partial charge in [0, 0.05) is 8.95 Å². The number of rotatable bonds is 8. The Labute approximate surface area is 324 Å². The number of aromatic nitrogens is 6. The summed E-state index contributed by atoms with van der Waals surface area (Å²) in [5.41, 5.74) is 3.19. The molecule has 0 fully saturated rings. The third kappa shape index (κ3) is 8.69. The fourth-order valence-corrected chi connectivity index (χ4v) is 7.65. The molecule has 0 atom stereocenters. The zero-order valence-electron chi connectivity index (χ0n) is 31.5. The van der Waals surface area contributed by atoms with Crippen LogP contribution < -0.4 is 4.43 Å². The summed E-state index contributed by atoms with van der Waals surface area (Å²) < 4.78 is 18.3. The van der Waals surface area contributed by atoms with Crippen molar-refractivity contribution in [2.24, 2.45) is 0 Å². The van der Waals surface area contributed by atoms with Crippen LogP contribution in [0.25, 0.3) is 33.4 Å². The Kier molecular flexibility index (Phi) is 11.6. The molecule has 52 heavy (non-hydrogen) atoms. The van der Waals surface area contributed by atoms with Crippen molar-refractivity contribution in [1.29, 1.82) is 0 Å². The van der Waals surface area contributed by atoms with Crippen LogP contribution in [-0.2, 0) is 17.6 Å². The van der Waals surface area contributed by atoms with Gasteiger partial charge in [-0.15, -0.1) is 0 Å². The molecule has 276 valence electrons. The van der Waals surface area contributed by atoms with Crippen molar-refractivity contribution < 1.29 is 19.1 Å². The molecule has 0 saturated heterocycles. The summed E-state index contributed by atoms with van der Waals surface area (Å²) in [6.07, 6.45) is 3.47. The average Bonchev–Trinajstić information content (AvgIpc) is 3.68. The maximum absolute atomic E-state index is 9.87. The largest absolute Gasteiger partial charge is 0.543 e. The second kappa shape index (κ2) is 15.1. The molecule has 0 saturated carbocycles. The number of nitrogens with zero attached hydrogens (tertiary/aromatic N) is 6. The molecule has 0 aliphatic rings. The standard InChI is InChI=1S/C25H38BrN3O2Si2.C13H10BrN3O2/c1-24(2,3)32(7,8)30-17-19-12-11-13-23(28-19)29-21-14-18(26)15-22(20(21)16-27-29)31-33(9,10)25(4,5)6;14-8-4-11-10(12(19)5-8)6-15-17(11)13-3-1-2-9(7-18)16-13/h11-16H,17H2,1-10H3;1-6,18-19H,7H2. The van der Waals surface area contributed by atoms with Crippen LogP contribution in [0.5, 0.6) is 11.5 Å². The zero-order chi connectivity index (χ0) is 38.2. The molecule has 2 aromatic carbocycles. The maximum Gasteiger partial charge on any atom is 0.250 e. The summed E-state index contributed by atoms with van der Waals surface area (Å²) in [6.45, 7) is 22.9. The van der Waals surface area contributed by atoms with Crippen LogP contribution in [0, 0.1) is 0 Å². The van der Waals surface area contributed by atoms with Crippen LogP contribution in [0.3, 0.4) is 0 Å². The van der Waals surface area contributed by atoms with E-state index in [0.717, 1.165) is 42.6 Å². The number of phenolic OH excluding ortho intramolecular Hbond substituents is 1. The number of pyridine rings is 2. The van der Waals surface area contributed by atoms with Gasteiger partial charge in [0.25, 0.3) is 8.32 Å². The van der Waals surface area contributed by atoms with Gasteiger partial charge in [-0.25, -0.2) is 19.3 Å². The Morgan fingerprint density at radius 1 is 0.692 bits per heavy atom. The lowest BCUT2D eigenvalue weighted by atomic mass is 10.2. The molecule has 6 aromatic rings. The molecule has 0 bridgehead atoms. The molecular formula is C38H48Br2N6O4Si2. The first-order valence-corrected chi connectivity index (χ1v) is 24.5. The van der Waals surface area contributed by atoms with Crippen LogP contribution in [0.2, 0.25) is 36.3 Å².